The van der Waals surface area contributed by atoms with E-state index in [1.165, 1.54) is 25.7 Å². The molecule has 0 amide bonds. The minimum Gasteiger partial charge on any atom is -0.454 e. The molecule has 3 rings (SSSR count). The lowest BCUT2D eigenvalue weighted by atomic mass is 9.63. The van der Waals surface area contributed by atoms with Crippen LogP contribution in [0.15, 0.2) is 30.3 Å². The first-order valence-electron chi connectivity index (χ1n) is 10.5. The number of piperidine rings is 1. The molecule has 6 heteroatoms. The highest BCUT2D eigenvalue weighted by molar-refractivity contribution is 5.85. The molecule has 3 unspecified atom stereocenters. The van der Waals surface area contributed by atoms with Crippen LogP contribution >= 0.6 is 24.8 Å². The Morgan fingerprint density at radius 2 is 1.69 bits per heavy atom. The first-order valence-corrected chi connectivity index (χ1v) is 10.5. The van der Waals surface area contributed by atoms with Crippen molar-refractivity contribution in [3.63, 3.8) is 0 Å². The number of hydrogen-bond donors (Lipinski definition) is 0. The summed E-state index contributed by atoms with van der Waals surface area (Å²) in [6.45, 7) is 10.3. The van der Waals surface area contributed by atoms with Crippen molar-refractivity contribution in [3.8, 4) is 0 Å². The average molecular weight is 445 g/mol. The molecule has 0 radical (unpaired) electrons. The molecule has 0 bridgehead atoms. The first-order chi connectivity index (χ1) is 12.9. The number of rotatable bonds is 4. The van der Waals surface area contributed by atoms with Crippen molar-refractivity contribution in [1.82, 2.24) is 9.80 Å². The summed E-state index contributed by atoms with van der Waals surface area (Å²) in [6, 6.07) is 10.8. The lowest BCUT2D eigenvalue weighted by Gasteiger charge is -2.56. The van der Waals surface area contributed by atoms with Gasteiger partial charge in [-0.2, -0.15) is 0 Å². The molecule has 0 N–H and O–H groups in total. The Hall–Kier alpha value is -0.810. The predicted molar refractivity (Wildman–Crippen MR) is 124 cm³/mol. The number of carbonyl (C=O) groups is 1. The largest absolute Gasteiger partial charge is 0.454 e. The van der Waals surface area contributed by atoms with E-state index in [0.29, 0.717) is 6.04 Å². The highest BCUT2D eigenvalue weighted by Gasteiger charge is 2.57. The zero-order valence-corrected chi connectivity index (χ0v) is 20.0. The summed E-state index contributed by atoms with van der Waals surface area (Å²) in [5.41, 5.74) is 0.390. The zero-order chi connectivity index (χ0) is 19.5. The van der Waals surface area contributed by atoms with Crippen LogP contribution in [0, 0.1) is 5.41 Å². The Kier molecular flexibility index (Phi) is 9.94. The van der Waals surface area contributed by atoms with Crippen molar-refractivity contribution in [1.29, 1.82) is 0 Å². The minimum absolute atomic E-state index is 0. The number of halogens is 2. The second-order valence-electron chi connectivity index (χ2n) is 9.01. The smallest absolute Gasteiger partial charge is 0.303 e. The fraction of sp³-hybridized carbons (Fsp3) is 0.696. The molecule has 2 heterocycles. The number of benzene rings is 1. The molecule has 2 aliphatic rings. The molecule has 0 saturated carbocycles. The van der Waals surface area contributed by atoms with Gasteiger partial charge >= 0.3 is 5.97 Å². The molecular weight excluding hydrogens is 407 g/mol. The van der Waals surface area contributed by atoms with E-state index in [0.717, 1.165) is 38.2 Å². The van der Waals surface area contributed by atoms with Gasteiger partial charge in [0, 0.05) is 37.9 Å². The highest BCUT2D eigenvalue weighted by Crippen LogP contribution is 2.51. The second kappa shape index (κ2) is 11.0. The number of esters is 1. The predicted octanol–water partition coefficient (Wildman–Crippen LogP) is 4.89. The summed E-state index contributed by atoms with van der Waals surface area (Å²) < 4.78 is 6.28. The zero-order valence-electron chi connectivity index (χ0n) is 18.4. The number of ether oxygens (including phenoxy) is 1. The van der Waals surface area contributed by atoms with E-state index >= 15 is 0 Å². The third kappa shape index (κ3) is 5.66. The molecule has 1 aromatic rings. The van der Waals surface area contributed by atoms with E-state index in [1.807, 2.05) is 6.07 Å². The van der Waals surface area contributed by atoms with Gasteiger partial charge in [0.05, 0.1) is 0 Å². The van der Waals surface area contributed by atoms with Crippen molar-refractivity contribution >= 4 is 30.8 Å². The fourth-order valence-corrected chi connectivity index (χ4v) is 5.26. The van der Waals surface area contributed by atoms with Crippen LogP contribution < -0.4 is 0 Å². The summed E-state index contributed by atoms with van der Waals surface area (Å²) in [4.78, 5) is 17.3. The molecule has 0 spiro atoms. The lowest BCUT2D eigenvalue weighted by Crippen LogP contribution is -2.63. The normalized spacial score (nSPS) is 31.1. The highest BCUT2D eigenvalue weighted by atomic mass is 35.5. The summed E-state index contributed by atoms with van der Waals surface area (Å²) in [7, 11) is 2.20. The van der Waals surface area contributed by atoms with Gasteiger partial charge in [0.1, 0.15) is 5.60 Å². The molecule has 3 atom stereocenters. The van der Waals surface area contributed by atoms with Crippen LogP contribution in [-0.4, -0.2) is 55.0 Å². The summed E-state index contributed by atoms with van der Waals surface area (Å²) in [6.07, 6.45) is 6.04. The molecule has 0 aliphatic carbocycles. The van der Waals surface area contributed by atoms with Crippen molar-refractivity contribution in [2.75, 3.05) is 33.2 Å². The Bertz CT molecular complexity index is 637. The van der Waals surface area contributed by atoms with E-state index < -0.39 is 5.60 Å². The van der Waals surface area contributed by atoms with Crippen LogP contribution in [0.3, 0.4) is 0 Å². The number of likely N-dealkylation sites (tertiary alicyclic amines) is 2. The van der Waals surface area contributed by atoms with Gasteiger partial charge in [-0.15, -0.1) is 24.8 Å². The Morgan fingerprint density at radius 1 is 1.10 bits per heavy atom. The number of nitrogens with zero attached hydrogens (tertiary/aromatic N) is 2. The van der Waals surface area contributed by atoms with Gasteiger partial charge in [-0.1, -0.05) is 50.1 Å². The van der Waals surface area contributed by atoms with E-state index in [2.05, 4.69) is 55.0 Å². The molecule has 1 aromatic carbocycles. The van der Waals surface area contributed by atoms with Crippen molar-refractivity contribution in [2.24, 2.45) is 5.41 Å². The van der Waals surface area contributed by atoms with Gasteiger partial charge in [-0.3, -0.25) is 4.79 Å². The average Bonchev–Trinajstić information content (AvgIpc) is 2.88. The fourth-order valence-electron chi connectivity index (χ4n) is 5.26. The third-order valence-corrected chi connectivity index (χ3v) is 6.74. The maximum atomic E-state index is 12.3. The molecule has 4 nitrogen and oxygen atoms in total. The Labute approximate surface area is 189 Å². The van der Waals surface area contributed by atoms with E-state index in [1.54, 1.807) is 6.92 Å². The van der Waals surface area contributed by atoms with E-state index in [9.17, 15) is 4.79 Å². The molecule has 29 heavy (non-hydrogen) atoms. The number of carbonyl (C=O) groups excluding carboxylic acids is 1. The van der Waals surface area contributed by atoms with E-state index in [4.69, 9.17) is 4.74 Å². The molecular formula is C23H38Cl2N2O2. The molecule has 2 aliphatic heterocycles. The van der Waals surface area contributed by atoms with Crippen molar-refractivity contribution in [3.05, 3.63) is 35.9 Å². The van der Waals surface area contributed by atoms with Gasteiger partial charge in [0.2, 0.25) is 0 Å². The third-order valence-electron chi connectivity index (χ3n) is 6.74. The van der Waals surface area contributed by atoms with Crippen LogP contribution in [-0.2, 0) is 15.1 Å². The van der Waals surface area contributed by atoms with Gasteiger partial charge in [0.15, 0.2) is 0 Å². The molecule has 2 fully saturated rings. The first kappa shape index (κ1) is 26.2. The van der Waals surface area contributed by atoms with Gasteiger partial charge < -0.3 is 14.5 Å². The van der Waals surface area contributed by atoms with E-state index in [-0.39, 0.29) is 36.2 Å². The second-order valence-corrected chi connectivity index (χ2v) is 9.01. The van der Waals surface area contributed by atoms with Gasteiger partial charge in [-0.05, 0) is 45.5 Å². The standard InChI is InChI=1S/C23H36N2O2.2ClH/c1-19-16-23(27-20(2)26,21-12-8-7-9-13-21)22(3,17-24(19)4)18-25-14-10-5-6-11-15-25;;/h7-9,12-13,19H,5-6,10-11,14-18H2,1-4H3;2*1H. The van der Waals surface area contributed by atoms with Crippen LogP contribution in [0.25, 0.3) is 0 Å². The minimum atomic E-state index is -0.585. The van der Waals surface area contributed by atoms with Crippen LogP contribution in [0.4, 0.5) is 0 Å². The SMILES string of the molecule is CC(=O)OC1(c2ccccc2)CC(C)N(C)CC1(C)CN1CCCCCC1.Cl.Cl. The quantitative estimate of drug-likeness (QED) is 0.618. The van der Waals surface area contributed by atoms with Crippen LogP contribution in [0.5, 0.6) is 0 Å². The summed E-state index contributed by atoms with van der Waals surface area (Å²) in [5.74, 6) is -0.183. The number of hydrogen-bond acceptors (Lipinski definition) is 4. The van der Waals surface area contributed by atoms with Crippen LogP contribution in [0.2, 0.25) is 0 Å². The van der Waals surface area contributed by atoms with Gasteiger partial charge in [0.25, 0.3) is 0 Å². The maximum absolute atomic E-state index is 12.3. The van der Waals surface area contributed by atoms with Crippen molar-refractivity contribution in [2.45, 2.75) is 64.5 Å². The van der Waals surface area contributed by atoms with Crippen molar-refractivity contribution < 1.29 is 9.53 Å². The molecule has 0 aromatic heterocycles. The Balaban J connectivity index is 0.00000210. The maximum Gasteiger partial charge on any atom is 0.303 e. The topological polar surface area (TPSA) is 32.8 Å². The lowest BCUT2D eigenvalue weighted by molar-refractivity contribution is -0.199. The summed E-state index contributed by atoms with van der Waals surface area (Å²) in [5, 5.41) is 0. The Morgan fingerprint density at radius 3 is 2.24 bits per heavy atom. The van der Waals surface area contributed by atoms with Gasteiger partial charge in [-0.25, -0.2) is 0 Å². The molecule has 166 valence electrons. The molecule has 2 saturated heterocycles. The summed E-state index contributed by atoms with van der Waals surface area (Å²) >= 11 is 0. The monoisotopic (exact) mass is 444 g/mol. The van der Waals surface area contributed by atoms with Crippen LogP contribution in [0.1, 0.15) is 58.4 Å².